The van der Waals surface area contributed by atoms with E-state index in [1.165, 1.54) is 0 Å². The average molecular weight is 339 g/mol. The molecule has 2 aromatic heterocycles. The zero-order chi connectivity index (χ0) is 16.5. The van der Waals surface area contributed by atoms with Gasteiger partial charge in [-0.15, -0.1) is 0 Å². The first-order valence-corrected chi connectivity index (χ1v) is 7.91. The number of benzene rings is 2. The number of nitrogens with one attached hydrogen (secondary N) is 1. The Hall–Kier alpha value is -2.79. The first-order chi connectivity index (χ1) is 11.7. The van der Waals surface area contributed by atoms with E-state index in [0.29, 0.717) is 11.6 Å². The highest BCUT2D eigenvalue weighted by Crippen LogP contribution is 2.27. The fraction of sp³-hybridized carbons (Fsp3) is 0.111. The summed E-state index contributed by atoms with van der Waals surface area (Å²) in [6, 6.07) is 14.0. The van der Waals surface area contributed by atoms with Crippen LogP contribution in [0.15, 0.2) is 54.9 Å². The van der Waals surface area contributed by atoms with Gasteiger partial charge in [-0.25, -0.2) is 4.98 Å². The molecule has 2 aromatic carbocycles. The van der Waals surface area contributed by atoms with Crippen molar-refractivity contribution < 1.29 is 4.74 Å². The van der Waals surface area contributed by atoms with Crippen molar-refractivity contribution in [3.63, 3.8) is 0 Å². The molecule has 0 saturated heterocycles. The molecule has 0 spiro atoms. The van der Waals surface area contributed by atoms with E-state index in [1.54, 1.807) is 24.2 Å². The van der Waals surface area contributed by atoms with E-state index >= 15 is 0 Å². The number of hydrogen-bond acceptors (Lipinski definition) is 3. The van der Waals surface area contributed by atoms with E-state index in [4.69, 9.17) is 16.3 Å². The van der Waals surface area contributed by atoms with E-state index in [0.717, 1.165) is 33.7 Å². The zero-order valence-electron chi connectivity index (χ0n) is 13.0. The van der Waals surface area contributed by atoms with E-state index in [1.807, 2.05) is 36.4 Å². The summed E-state index contributed by atoms with van der Waals surface area (Å²) in [6.07, 6.45) is 3.41. The smallest absolute Gasteiger partial charge is 0.138 e. The average Bonchev–Trinajstić information content (AvgIpc) is 3.20. The van der Waals surface area contributed by atoms with Crippen molar-refractivity contribution in [1.29, 1.82) is 0 Å². The second kappa shape index (κ2) is 6.02. The maximum atomic E-state index is 5.94. The van der Waals surface area contributed by atoms with Crippen LogP contribution in [0.4, 0.5) is 0 Å². The quantitative estimate of drug-likeness (QED) is 0.608. The third-order valence-electron chi connectivity index (χ3n) is 3.88. The Morgan fingerprint density at radius 3 is 2.83 bits per heavy atom. The van der Waals surface area contributed by atoms with E-state index in [-0.39, 0.29) is 0 Å². The molecule has 0 atom stereocenters. The number of rotatable bonds is 4. The van der Waals surface area contributed by atoms with Crippen LogP contribution in [0.5, 0.6) is 5.75 Å². The van der Waals surface area contributed by atoms with Crippen LogP contribution in [0, 0.1) is 0 Å². The van der Waals surface area contributed by atoms with Crippen molar-refractivity contribution in [3.05, 3.63) is 65.4 Å². The van der Waals surface area contributed by atoms with Crippen molar-refractivity contribution in [3.8, 4) is 17.1 Å². The molecule has 0 saturated carbocycles. The van der Waals surface area contributed by atoms with Crippen LogP contribution < -0.4 is 4.74 Å². The molecule has 120 valence electrons. The highest BCUT2D eigenvalue weighted by atomic mass is 35.5. The summed E-state index contributed by atoms with van der Waals surface area (Å²) in [5, 5.41) is 4.84. The number of para-hydroxylation sites is 2. The molecule has 5 nitrogen and oxygen atoms in total. The Kier molecular flexibility index (Phi) is 3.70. The van der Waals surface area contributed by atoms with Gasteiger partial charge in [-0.2, -0.15) is 5.10 Å². The minimum atomic E-state index is 0.573. The minimum Gasteiger partial charge on any atom is -0.496 e. The second-order valence-corrected chi connectivity index (χ2v) is 5.92. The molecule has 24 heavy (non-hydrogen) atoms. The summed E-state index contributed by atoms with van der Waals surface area (Å²) < 4.78 is 7.25. The predicted octanol–water partition coefficient (Wildman–Crippen LogP) is 4.14. The standard InChI is InChI=1S/C18H15ClN4O/c1-24-17-7-6-12(8-13(17)10-23-11-14(19)9-20-23)18-21-15-4-2-3-5-16(15)22-18/h2-9,11H,10H2,1H3,(H,21,22). The lowest BCUT2D eigenvalue weighted by Crippen LogP contribution is -2.02. The van der Waals surface area contributed by atoms with Crippen molar-refractivity contribution in [2.45, 2.75) is 6.54 Å². The lowest BCUT2D eigenvalue weighted by molar-refractivity contribution is 0.407. The van der Waals surface area contributed by atoms with Gasteiger partial charge in [0.1, 0.15) is 11.6 Å². The van der Waals surface area contributed by atoms with Gasteiger partial charge in [-0.05, 0) is 30.3 Å². The van der Waals surface area contributed by atoms with E-state index in [2.05, 4.69) is 21.1 Å². The summed E-state index contributed by atoms with van der Waals surface area (Å²) in [7, 11) is 1.66. The SMILES string of the molecule is COc1ccc(-c2nc3ccccc3[nH]2)cc1Cn1cc(Cl)cn1. The van der Waals surface area contributed by atoms with Gasteiger partial charge in [0.25, 0.3) is 0 Å². The lowest BCUT2D eigenvalue weighted by Gasteiger charge is -2.10. The number of imidazole rings is 1. The molecule has 1 N–H and O–H groups in total. The molecule has 2 heterocycles. The molecule has 0 aliphatic carbocycles. The van der Waals surface area contributed by atoms with Crippen molar-refractivity contribution in [1.82, 2.24) is 19.7 Å². The Morgan fingerprint density at radius 1 is 1.21 bits per heavy atom. The van der Waals surface area contributed by atoms with E-state index in [9.17, 15) is 0 Å². The van der Waals surface area contributed by atoms with Gasteiger partial charge in [0.05, 0.1) is 35.9 Å². The van der Waals surface area contributed by atoms with Gasteiger partial charge >= 0.3 is 0 Å². The molecule has 0 radical (unpaired) electrons. The number of halogens is 1. The maximum Gasteiger partial charge on any atom is 0.138 e. The summed E-state index contributed by atoms with van der Waals surface area (Å²) in [5.41, 5.74) is 3.97. The number of fused-ring (bicyclic) bond motifs is 1. The Morgan fingerprint density at radius 2 is 2.08 bits per heavy atom. The highest BCUT2D eigenvalue weighted by molar-refractivity contribution is 6.30. The molecule has 0 aliphatic heterocycles. The molecule has 4 rings (SSSR count). The Balaban J connectivity index is 1.75. The van der Waals surface area contributed by atoms with Crippen LogP contribution >= 0.6 is 11.6 Å². The van der Waals surface area contributed by atoms with Gasteiger partial charge in [-0.3, -0.25) is 4.68 Å². The van der Waals surface area contributed by atoms with Crippen LogP contribution in [-0.2, 0) is 6.54 Å². The van der Waals surface area contributed by atoms with Crippen molar-refractivity contribution >= 4 is 22.6 Å². The topological polar surface area (TPSA) is 55.7 Å². The summed E-state index contributed by atoms with van der Waals surface area (Å²) in [6.45, 7) is 0.573. The van der Waals surface area contributed by atoms with Crippen LogP contribution in [0.25, 0.3) is 22.4 Å². The molecule has 6 heteroatoms. The van der Waals surface area contributed by atoms with Gasteiger partial charge in [-0.1, -0.05) is 23.7 Å². The van der Waals surface area contributed by atoms with Gasteiger partial charge in [0, 0.05) is 17.3 Å². The molecule has 0 fully saturated rings. The zero-order valence-corrected chi connectivity index (χ0v) is 13.8. The number of hydrogen-bond donors (Lipinski definition) is 1. The lowest BCUT2D eigenvalue weighted by atomic mass is 10.1. The minimum absolute atomic E-state index is 0.573. The van der Waals surface area contributed by atoms with Crippen molar-refractivity contribution in [2.75, 3.05) is 7.11 Å². The fourth-order valence-corrected chi connectivity index (χ4v) is 2.89. The van der Waals surface area contributed by atoms with Crippen molar-refractivity contribution in [2.24, 2.45) is 0 Å². The molecular weight excluding hydrogens is 324 g/mol. The normalized spacial score (nSPS) is 11.1. The van der Waals surface area contributed by atoms with Crippen LogP contribution in [0.3, 0.4) is 0 Å². The third kappa shape index (κ3) is 2.74. The fourth-order valence-electron chi connectivity index (χ4n) is 2.74. The summed E-state index contributed by atoms with van der Waals surface area (Å²) in [4.78, 5) is 8.00. The predicted molar refractivity (Wildman–Crippen MR) is 94.4 cm³/mol. The monoisotopic (exact) mass is 338 g/mol. The van der Waals surface area contributed by atoms with Crippen LogP contribution in [-0.4, -0.2) is 26.9 Å². The number of methoxy groups -OCH3 is 1. The number of aromatic nitrogens is 4. The molecular formula is C18H15ClN4O. The first kappa shape index (κ1) is 14.8. The number of nitrogens with zero attached hydrogens (tertiary/aromatic N) is 3. The number of ether oxygens (including phenoxy) is 1. The molecule has 0 aliphatic rings. The largest absolute Gasteiger partial charge is 0.496 e. The Labute approximate surface area is 143 Å². The second-order valence-electron chi connectivity index (χ2n) is 5.49. The first-order valence-electron chi connectivity index (χ1n) is 7.53. The number of H-pyrrole nitrogens is 1. The van der Waals surface area contributed by atoms with Crippen LogP contribution in [0.1, 0.15) is 5.56 Å². The number of aromatic amines is 1. The highest BCUT2D eigenvalue weighted by Gasteiger charge is 2.10. The molecule has 0 amide bonds. The molecule has 0 bridgehead atoms. The van der Waals surface area contributed by atoms with E-state index < -0.39 is 0 Å². The van der Waals surface area contributed by atoms with Gasteiger partial charge in [0.15, 0.2) is 0 Å². The van der Waals surface area contributed by atoms with Gasteiger partial charge < -0.3 is 9.72 Å². The third-order valence-corrected chi connectivity index (χ3v) is 4.07. The summed E-state index contributed by atoms with van der Waals surface area (Å²) in [5.74, 6) is 1.64. The molecule has 0 unspecified atom stereocenters. The molecule has 4 aromatic rings. The van der Waals surface area contributed by atoms with Gasteiger partial charge in [0.2, 0.25) is 0 Å². The maximum absolute atomic E-state index is 5.94. The Bertz CT molecular complexity index is 972. The van der Waals surface area contributed by atoms with Crippen LogP contribution in [0.2, 0.25) is 5.02 Å². The summed E-state index contributed by atoms with van der Waals surface area (Å²) >= 11 is 5.94.